The molecule has 0 spiro atoms. The van der Waals surface area contributed by atoms with Gasteiger partial charge in [0.15, 0.2) is 5.65 Å². The first kappa shape index (κ1) is 16.5. The second-order valence-electron chi connectivity index (χ2n) is 7.25. The van der Waals surface area contributed by atoms with Crippen molar-refractivity contribution in [2.24, 2.45) is 0 Å². The largest absolute Gasteiger partial charge is 0.475 e. The number of fused-ring (bicyclic) bond motifs is 2. The Bertz CT molecular complexity index is 986. The average Bonchev–Trinajstić information content (AvgIpc) is 3.19. The molecule has 0 unspecified atom stereocenters. The number of anilines is 2. The summed E-state index contributed by atoms with van der Waals surface area (Å²) in [6.07, 6.45) is 6.79. The lowest BCUT2D eigenvalue weighted by atomic mass is 10.1. The molecule has 5 heterocycles. The van der Waals surface area contributed by atoms with Crippen molar-refractivity contribution in [2.45, 2.75) is 51.8 Å². The van der Waals surface area contributed by atoms with E-state index in [1.807, 2.05) is 28.7 Å². The molecule has 0 saturated carbocycles. The van der Waals surface area contributed by atoms with Crippen LogP contribution in [-0.4, -0.2) is 48.8 Å². The average molecular weight is 371 g/mol. The van der Waals surface area contributed by atoms with Crippen LogP contribution >= 0.6 is 0 Å². The van der Waals surface area contributed by atoms with Crippen LogP contribution in [0.4, 0.5) is 11.6 Å². The molecule has 0 amide bonds. The van der Waals surface area contributed by atoms with Crippen molar-refractivity contribution in [3.8, 4) is 5.88 Å². The number of hydrogen-bond donors (Lipinski definition) is 1. The molecule has 1 saturated heterocycles. The van der Waals surface area contributed by atoms with E-state index >= 15 is 0 Å². The summed E-state index contributed by atoms with van der Waals surface area (Å²) >= 11 is 0. The van der Waals surface area contributed by atoms with Crippen LogP contribution in [0.1, 0.15) is 39.3 Å². The summed E-state index contributed by atoms with van der Waals surface area (Å²) in [5.41, 5.74) is 2.58. The van der Waals surface area contributed by atoms with E-state index in [1.54, 1.807) is 0 Å². The van der Waals surface area contributed by atoms with Crippen molar-refractivity contribution in [1.29, 1.82) is 0 Å². The first-order valence-corrected chi connectivity index (χ1v) is 9.48. The van der Waals surface area contributed by atoms with E-state index in [-0.39, 0.29) is 7.53 Å². The number of aryl methyl sites for hydroxylation is 2. The molecule has 2 aliphatic heterocycles. The second-order valence-corrected chi connectivity index (χ2v) is 7.25. The van der Waals surface area contributed by atoms with Gasteiger partial charge in [-0.2, -0.15) is 10.1 Å². The first-order chi connectivity index (χ1) is 13.2. The second kappa shape index (κ2) is 6.49. The zero-order chi connectivity index (χ0) is 18.4. The Morgan fingerprint density at radius 1 is 1.30 bits per heavy atom. The van der Waals surface area contributed by atoms with Crippen molar-refractivity contribution in [3.63, 3.8) is 0 Å². The van der Waals surface area contributed by atoms with Crippen molar-refractivity contribution in [3.05, 3.63) is 18.1 Å². The summed E-state index contributed by atoms with van der Waals surface area (Å²) in [4.78, 5) is 9.13. The molecule has 3 aromatic heterocycles. The number of hydrogen-bond acceptors (Lipinski definition) is 7. The summed E-state index contributed by atoms with van der Waals surface area (Å²) in [6, 6.07) is 0.312. The van der Waals surface area contributed by atoms with E-state index in [9.17, 15) is 0 Å². The van der Waals surface area contributed by atoms with E-state index in [1.165, 1.54) is 0 Å². The Balaban J connectivity index is 0.00000192. The standard InChI is InChI=1S/C18H23N7O2.H2/c1-11-8-13(4-7-26-11)25-10-15-17(23-25)27-6-3-5-24-16-14(12(2)22-24)9-19-18(20-15)21-16;/h9-11,13H,3-8H2,1-2H3,(H,19,20,21);1H/t11-,13-;/m0./s1. The molecule has 144 valence electrons. The summed E-state index contributed by atoms with van der Waals surface area (Å²) in [5, 5.41) is 13.5. The third-order valence-corrected chi connectivity index (χ3v) is 5.20. The molecule has 5 rings (SSSR count). The minimum Gasteiger partial charge on any atom is -0.475 e. The van der Waals surface area contributed by atoms with Gasteiger partial charge in [-0.15, -0.1) is 5.10 Å². The van der Waals surface area contributed by atoms with Gasteiger partial charge in [0, 0.05) is 27.2 Å². The van der Waals surface area contributed by atoms with Gasteiger partial charge in [0.25, 0.3) is 5.88 Å². The molecule has 1 N–H and O–H groups in total. The van der Waals surface area contributed by atoms with Crippen LogP contribution in [-0.2, 0) is 11.3 Å². The van der Waals surface area contributed by atoms with Crippen molar-refractivity contribution < 1.29 is 10.9 Å². The molecule has 3 aromatic rings. The van der Waals surface area contributed by atoms with Gasteiger partial charge in [0.1, 0.15) is 5.69 Å². The number of aromatic nitrogens is 6. The Morgan fingerprint density at radius 2 is 2.22 bits per heavy atom. The van der Waals surface area contributed by atoms with Gasteiger partial charge in [-0.25, -0.2) is 9.67 Å². The molecule has 2 bridgehead atoms. The summed E-state index contributed by atoms with van der Waals surface area (Å²) in [5.74, 6) is 1.11. The molecule has 2 atom stereocenters. The predicted molar refractivity (Wildman–Crippen MR) is 101 cm³/mol. The lowest BCUT2D eigenvalue weighted by Gasteiger charge is -2.27. The Hall–Kier alpha value is -2.68. The lowest BCUT2D eigenvalue weighted by Crippen LogP contribution is -2.25. The van der Waals surface area contributed by atoms with Crippen molar-refractivity contribution in [1.82, 2.24) is 29.5 Å². The van der Waals surface area contributed by atoms with E-state index < -0.39 is 0 Å². The minimum atomic E-state index is 0. The highest BCUT2D eigenvalue weighted by Crippen LogP contribution is 2.32. The van der Waals surface area contributed by atoms with E-state index in [4.69, 9.17) is 14.6 Å². The Labute approximate surface area is 158 Å². The van der Waals surface area contributed by atoms with Crippen LogP contribution in [0.5, 0.6) is 5.88 Å². The molecular weight excluding hydrogens is 346 g/mol. The lowest BCUT2D eigenvalue weighted by molar-refractivity contribution is 0.00327. The van der Waals surface area contributed by atoms with Gasteiger partial charge in [0.05, 0.1) is 36.0 Å². The fourth-order valence-corrected chi connectivity index (χ4v) is 3.80. The number of nitrogens with zero attached hydrogens (tertiary/aromatic N) is 6. The Kier molecular flexibility index (Phi) is 3.96. The van der Waals surface area contributed by atoms with Gasteiger partial charge >= 0.3 is 0 Å². The maximum atomic E-state index is 5.98. The fraction of sp³-hybridized carbons (Fsp3) is 0.556. The van der Waals surface area contributed by atoms with Crippen LogP contribution in [0.15, 0.2) is 12.4 Å². The zero-order valence-corrected chi connectivity index (χ0v) is 15.6. The fourth-order valence-electron chi connectivity index (χ4n) is 3.80. The number of nitrogens with one attached hydrogen (secondary N) is 1. The van der Waals surface area contributed by atoms with Crippen LogP contribution in [0.3, 0.4) is 0 Å². The van der Waals surface area contributed by atoms with Crippen LogP contribution in [0.2, 0.25) is 0 Å². The number of ether oxygens (including phenoxy) is 2. The minimum absolute atomic E-state index is 0. The third kappa shape index (κ3) is 3.01. The molecule has 0 radical (unpaired) electrons. The molecule has 0 aromatic carbocycles. The molecule has 2 aliphatic rings. The summed E-state index contributed by atoms with van der Waals surface area (Å²) in [6.45, 7) is 6.16. The van der Waals surface area contributed by atoms with Crippen molar-refractivity contribution >= 4 is 22.7 Å². The highest BCUT2D eigenvalue weighted by Gasteiger charge is 2.24. The first-order valence-electron chi connectivity index (χ1n) is 9.48. The smallest absolute Gasteiger partial charge is 0.256 e. The van der Waals surface area contributed by atoms with Gasteiger partial charge in [0.2, 0.25) is 5.95 Å². The van der Waals surface area contributed by atoms with Gasteiger partial charge in [-0.3, -0.25) is 4.68 Å². The summed E-state index contributed by atoms with van der Waals surface area (Å²) in [7, 11) is 0. The maximum Gasteiger partial charge on any atom is 0.256 e. The maximum absolute atomic E-state index is 5.98. The van der Waals surface area contributed by atoms with E-state index in [0.717, 1.165) is 54.8 Å². The van der Waals surface area contributed by atoms with E-state index in [2.05, 4.69) is 27.3 Å². The molecular formula is C18H25N7O2. The van der Waals surface area contributed by atoms with Gasteiger partial charge in [-0.1, -0.05) is 0 Å². The monoisotopic (exact) mass is 371 g/mol. The Morgan fingerprint density at radius 3 is 3.11 bits per heavy atom. The topological polar surface area (TPSA) is 91.9 Å². The van der Waals surface area contributed by atoms with Crippen LogP contribution < -0.4 is 10.1 Å². The highest BCUT2D eigenvalue weighted by atomic mass is 16.5. The normalized spacial score (nSPS) is 22.7. The van der Waals surface area contributed by atoms with Gasteiger partial charge < -0.3 is 14.8 Å². The molecule has 1 fully saturated rings. The number of rotatable bonds is 1. The van der Waals surface area contributed by atoms with E-state index in [0.29, 0.717) is 24.5 Å². The predicted octanol–water partition coefficient (Wildman–Crippen LogP) is 2.84. The summed E-state index contributed by atoms with van der Waals surface area (Å²) < 4.78 is 15.6. The molecule has 27 heavy (non-hydrogen) atoms. The molecule has 9 nitrogen and oxygen atoms in total. The van der Waals surface area contributed by atoms with Crippen LogP contribution in [0.25, 0.3) is 11.0 Å². The van der Waals surface area contributed by atoms with Gasteiger partial charge in [-0.05, 0) is 26.7 Å². The highest BCUT2D eigenvalue weighted by molar-refractivity contribution is 5.78. The van der Waals surface area contributed by atoms with Crippen LogP contribution in [0, 0.1) is 6.92 Å². The quantitative estimate of drug-likeness (QED) is 0.703. The zero-order valence-electron chi connectivity index (χ0n) is 15.6. The molecule has 9 heteroatoms. The molecule has 0 aliphatic carbocycles. The SMILES string of the molecule is Cc1nn2c3nc(ncc13)Nc1cn([C@H]3CCO[C@@H](C)C3)nc1OCCC2.[HH]. The third-order valence-electron chi connectivity index (χ3n) is 5.20. The van der Waals surface area contributed by atoms with Crippen molar-refractivity contribution in [2.75, 3.05) is 18.5 Å².